The number of hydrogen-bond donors (Lipinski definition) is 2. The summed E-state index contributed by atoms with van der Waals surface area (Å²) in [5.74, 6) is 0.868. The molecule has 1 aromatic heterocycles. The Morgan fingerprint density at radius 1 is 1.00 bits per heavy atom. The number of para-hydroxylation sites is 1. The molecule has 1 amide bonds. The molecule has 0 radical (unpaired) electrons. The number of carbonyl (C=O) groups is 1. The van der Waals surface area contributed by atoms with Crippen LogP contribution in [0.3, 0.4) is 0 Å². The molecule has 2 aromatic carbocycles. The number of carbonyl (C=O) groups excluding carboxylic acids is 1. The molecule has 28 heavy (non-hydrogen) atoms. The van der Waals surface area contributed by atoms with Crippen molar-refractivity contribution in [3.8, 4) is 5.75 Å². The number of nitrogens with one attached hydrogen (secondary N) is 2. The van der Waals surface area contributed by atoms with Crippen LogP contribution >= 0.6 is 0 Å². The predicted molar refractivity (Wildman–Crippen MR) is 112 cm³/mol. The highest BCUT2D eigenvalue weighted by Crippen LogP contribution is 2.23. The van der Waals surface area contributed by atoms with Gasteiger partial charge in [-0.05, 0) is 69.2 Å². The summed E-state index contributed by atoms with van der Waals surface area (Å²) in [5, 5.41) is 6.10. The Kier molecular flexibility index (Phi) is 5.89. The van der Waals surface area contributed by atoms with Crippen molar-refractivity contribution in [3.05, 3.63) is 71.0 Å². The lowest BCUT2D eigenvalue weighted by molar-refractivity contribution is 0.102. The number of nitrogens with zero attached hydrogens (tertiary/aromatic N) is 2. The van der Waals surface area contributed by atoms with Gasteiger partial charge in [0.05, 0.1) is 6.61 Å². The normalized spacial score (nSPS) is 10.4. The van der Waals surface area contributed by atoms with Crippen molar-refractivity contribution in [3.63, 3.8) is 0 Å². The molecule has 0 atom stereocenters. The molecular weight excluding hydrogens is 352 g/mol. The first-order chi connectivity index (χ1) is 13.5. The molecular formula is C22H24N4O2. The summed E-state index contributed by atoms with van der Waals surface area (Å²) in [6.45, 7) is 8.40. The zero-order valence-electron chi connectivity index (χ0n) is 16.5. The Balaban J connectivity index is 1.79. The van der Waals surface area contributed by atoms with Gasteiger partial charge in [0.1, 0.15) is 11.4 Å². The first-order valence-electron chi connectivity index (χ1n) is 9.19. The first kappa shape index (κ1) is 19.4. The summed E-state index contributed by atoms with van der Waals surface area (Å²) in [6.07, 6.45) is 0. The summed E-state index contributed by atoms with van der Waals surface area (Å²) in [7, 11) is 0. The molecule has 0 aliphatic heterocycles. The maximum absolute atomic E-state index is 12.7. The number of rotatable bonds is 6. The van der Waals surface area contributed by atoms with Gasteiger partial charge in [-0.15, -0.1) is 0 Å². The van der Waals surface area contributed by atoms with E-state index in [4.69, 9.17) is 4.74 Å². The molecule has 0 saturated carbocycles. The van der Waals surface area contributed by atoms with Gasteiger partial charge in [0.15, 0.2) is 0 Å². The highest BCUT2D eigenvalue weighted by Gasteiger charge is 2.12. The molecule has 1 heterocycles. The molecule has 0 unspecified atom stereocenters. The third-order valence-corrected chi connectivity index (χ3v) is 4.23. The Morgan fingerprint density at radius 2 is 1.68 bits per heavy atom. The van der Waals surface area contributed by atoms with E-state index in [2.05, 4.69) is 20.6 Å². The van der Waals surface area contributed by atoms with Crippen LogP contribution in [0.25, 0.3) is 0 Å². The molecule has 0 aliphatic carbocycles. The third kappa shape index (κ3) is 4.65. The maximum Gasteiger partial charge on any atom is 0.274 e. The minimum absolute atomic E-state index is 0.292. The second-order valence-electron chi connectivity index (χ2n) is 6.52. The molecule has 0 spiro atoms. The van der Waals surface area contributed by atoms with Crippen molar-refractivity contribution in [2.75, 3.05) is 17.2 Å². The second kappa shape index (κ2) is 8.52. The predicted octanol–water partition coefficient (Wildman–Crippen LogP) is 4.80. The third-order valence-electron chi connectivity index (χ3n) is 4.23. The first-order valence-corrected chi connectivity index (χ1v) is 9.19. The van der Waals surface area contributed by atoms with Crippen molar-refractivity contribution < 1.29 is 9.53 Å². The van der Waals surface area contributed by atoms with Crippen LogP contribution in [-0.2, 0) is 0 Å². The van der Waals surface area contributed by atoms with E-state index in [0.717, 1.165) is 22.6 Å². The fourth-order valence-corrected chi connectivity index (χ4v) is 2.86. The standard InChI is InChI=1S/C22H24N4O2/c1-5-28-18-11-9-17(10-12-18)24-21(27)19-13-16(4)23-22(25-19)26-20-14(2)7-6-8-15(20)3/h6-13H,5H2,1-4H3,(H,24,27)(H,23,25,26). The second-order valence-corrected chi connectivity index (χ2v) is 6.52. The van der Waals surface area contributed by atoms with Gasteiger partial charge in [0.25, 0.3) is 5.91 Å². The molecule has 6 heteroatoms. The lowest BCUT2D eigenvalue weighted by Gasteiger charge is -2.13. The molecule has 144 valence electrons. The molecule has 0 aliphatic rings. The molecule has 2 N–H and O–H groups in total. The molecule has 3 aromatic rings. The van der Waals surface area contributed by atoms with E-state index in [-0.39, 0.29) is 5.91 Å². The van der Waals surface area contributed by atoms with Crippen LogP contribution in [0.15, 0.2) is 48.5 Å². The lowest BCUT2D eigenvalue weighted by Crippen LogP contribution is -2.15. The molecule has 0 saturated heterocycles. The minimum atomic E-state index is -0.292. The lowest BCUT2D eigenvalue weighted by atomic mass is 10.1. The number of anilines is 3. The van der Waals surface area contributed by atoms with Crippen LogP contribution < -0.4 is 15.4 Å². The summed E-state index contributed by atoms with van der Waals surface area (Å²) >= 11 is 0. The summed E-state index contributed by atoms with van der Waals surface area (Å²) in [5.41, 5.74) is 4.81. The molecule has 0 bridgehead atoms. The van der Waals surface area contributed by atoms with Gasteiger partial charge < -0.3 is 15.4 Å². The van der Waals surface area contributed by atoms with E-state index in [1.807, 2.05) is 58.0 Å². The summed E-state index contributed by atoms with van der Waals surface area (Å²) in [6, 6.07) is 14.9. The van der Waals surface area contributed by atoms with Gasteiger partial charge in [0.2, 0.25) is 5.95 Å². The van der Waals surface area contributed by atoms with Crippen LogP contribution in [0, 0.1) is 20.8 Å². The fraction of sp³-hybridized carbons (Fsp3) is 0.227. The number of hydrogen-bond acceptors (Lipinski definition) is 5. The van der Waals surface area contributed by atoms with Gasteiger partial charge in [-0.2, -0.15) is 0 Å². The van der Waals surface area contributed by atoms with Gasteiger partial charge in [-0.1, -0.05) is 18.2 Å². The fourth-order valence-electron chi connectivity index (χ4n) is 2.86. The van der Waals surface area contributed by atoms with Gasteiger partial charge in [0, 0.05) is 17.1 Å². The van der Waals surface area contributed by atoms with Crippen molar-refractivity contribution >= 4 is 23.2 Å². The van der Waals surface area contributed by atoms with Gasteiger partial charge >= 0.3 is 0 Å². The van der Waals surface area contributed by atoms with E-state index >= 15 is 0 Å². The van der Waals surface area contributed by atoms with Crippen LogP contribution in [-0.4, -0.2) is 22.5 Å². The highest BCUT2D eigenvalue weighted by atomic mass is 16.5. The van der Waals surface area contributed by atoms with Crippen LogP contribution in [0.4, 0.5) is 17.3 Å². The van der Waals surface area contributed by atoms with Crippen molar-refractivity contribution in [1.29, 1.82) is 0 Å². The number of amides is 1. The Morgan fingerprint density at radius 3 is 2.32 bits per heavy atom. The topological polar surface area (TPSA) is 76.1 Å². The zero-order valence-corrected chi connectivity index (χ0v) is 16.5. The smallest absolute Gasteiger partial charge is 0.274 e. The van der Waals surface area contributed by atoms with Crippen molar-refractivity contribution in [1.82, 2.24) is 9.97 Å². The SMILES string of the molecule is CCOc1ccc(NC(=O)c2cc(C)nc(Nc3c(C)cccc3C)n2)cc1. The largest absolute Gasteiger partial charge is 0.494 e. The number of aryl methyl sites for hydroxylation is 3. The molecule has 6 nitrogen and oxygen atoms in total. The average Bonchev–Trinajstić information content (AvgIpc) is 2.66. The van der Waals surface area contributed by atoms with Crippen LogP contribution in [0.5, 0.6) is 5.75 Å². The van der Waals surface area contributed by atoms with E-state index in [1.165, 1.54) is 0 Å². The minimum Gasteiger partial charge on any atom is -0.494 e. The summed E-state index contributed by atoms with van der Waals surface area (Å²) in [4.78, 5) is 21.5. The summed E-state index contributed by atoms with van der Waals surface area (Å²) < 4.78 is 5.42. The number of aromatic nitrogens is 2. The maximum atomic E-state index is 12.7. The monoisotopic (exact) mass is 376 g/mol. The Hall–Kier alpha value is -3.41. The van der Waals surface area contributed by atoms with Crippen LogP contribution in [0.2, 0.25) is 0 Å². The van der Waals surface area contributed by atoms with Crippen LogP contribution in [0.1, 0.15) is 34.2 Å². The Labute approximate surface area is 165 Å². The van der Waals surface area contributed by atoms with Crippen molar-refractivity contribution in [2.45, 2.75) is 27.7 Å². The molecule has 3 rings (SSSR count). The average molecular weight is 376 g/mol. The number of ether oxygens (including phenoxy) is 1. The zero-order chi connectivity index (χ0) is 20.1. The van der Waals surface area contributed by atoms with E-state index < -0.39 is 0 Å². The van der Waals surface area contributed by atoms with E-state index in [9.17, 15) is 4.79 Å². The van der Waals surface area contributed by atoms with Gasteiger partial charge in [-0.3, -0.25) is 4.79 Å². The van der Waals surface area contributed by atoms with Crippen molar-refractivity contribution in [2.24, 2.45) is 0 Å². The molecule has 0 fully saturated rings. The Bertz CT molecular complexity index is 964. The quantitative estimate of drug-likeness (QED) is 0.646. The van der Waals surface area contributed by atoms with E-state index in [0.29, 0.717) is 29.6 Å². The number of benzene rings is 2. The highest BCUT2D eigenvalue weighted by molar-refractivity contribution is 6.03. The van der Waals surface area contributed by atoms with E-state index in [1.54, 1.807) is 18.2 Å². The van der Waals surface area contributed by atoms with Gasteiger partial charge in [-0.25, -0.2) is 9.97 Å².